The summed E-state index contributed by atoms with van der Waals surface area (Å²) in [6.45, 7) is 1.47. The van der Waals surface area contributed by atoms with Gasteiger partial charge in [-0.25, -0.2) is 9.97 Å². The van der Waals surface area contributed by atoms with Crippen molar-refractivity contribution >= 4 is 34.6 Å². The number of carbonyl (C=O) groups is 2. The van der Waals surface area contributed by atoms with E-state index in [2.05, 4.69) is 19.9 Å². The molecule has 0 spiro atoms. The number of hydrogen-bond donors (Lipinski definition) is 2. The zero-order chi connectivity index (χ0) is 24.3. The van der Waals surface area contributed by atoms with Crippen LogP contribution in [0.1, 0.15) is 52.6 Å². The summed E-state index contributed by atoms with van der Waals surface area (Å²) in [4.78, 5) is 42.7. The van der Waals surface area contributed by atoms with Gasteiger partial charge >= 0.3 is 0 Å². The van der Waals surface area contributed by atoms with Gasteiger partial charge in [-0.1, -0.05) is 12.8 Å². The third-order valence-electron chi connectivity index (χ3n) is 7.69. The zero-order valence-corrected chi connectivity index (χ0v) is 20.0. The van der Waals surface area contributed by atoms with E-state index in [0.29, 0.717) is 34.9 Å². The highest BCUT2D eigenvalue weighted by Crippen LogP contribution is 2.44. The SMILES string of the molecule is CN(C)C(=O)c1cc2cnc(Nc3ccc(C(=O)N4CC5C(N)C5C4)cn3)nc2n1C1CCCC1. The van der Waals surface area contributed by atoms with Gasteiger partial charge in [0.15, 0.2) is 0 Å². The molecule has 4 heterocycles. The van der Waals surface area contributed by atoms with Crippen LogP contribution in [0.15, 0.2) is 30.6 Å². The second-order valence-corrected chi connectivity index (χ2v) is 10.2. The average Bonchev–Trinajstić information content (AvgIpc) is 3.38. The second-order valence-electron chi connectivity index (χ2n) is 10.2. The van der Waals surface area contributed by atoms with E-state index in [9.17, 15) is 9.59 Å². The molecule has 1 saturated heterocycles. The van der Waals surface area contributed by atoms with E-state index in [4.69, 9.17) is 10.7 Å². The molecule has 10 nitrogen and oxygen atoms in total. The van der Waals surface area contributed by atoms with E-state index >= 15 is 0 Å². The van der Waals surface area contributed by atoms with E-state index in [0.717, 1.165) is 49.8 Å². The van der Waals surface area contributed by atoms with Crippen molar-refractivity contribution in [2.45, 2.75) is 37.8 Å². The average molecular weight is 475 g/mol. The van der Waals surface area contributed by atoms with E-state index in [1.165, 1.54) is 0 Å². The number of amides is 2. The van der Waals surface area contributed by atoms with E-state index in [-0.39, 0.29) is 23.9 Å². The summed E-state index contributed by atoms with van der Waals surface area (Å²) in [5, 5.41) is 3.99. The lowest BCUT2D eigenvalue weighted by atomic mass is 10.2. The number of likely N-dealkylation sites (tertiary alicyclic amines) is 1. The summed E-state index contributed by atoms with van der Waals surface area (Å²) >= 11 is 0. The highest BCUT2D eigenvalue weighted by atomic mass is 16.2. The molecule has 2 aliphatic carbocycles. The van der Waals surface area contributed by atoms with Gasteiger partial charge in [0.2, 0.25) is 5.95 Å². The predicted octanol–water partition coefficient (Wildman–Crippen LogP) is 2.42. The number of rotatable bonds is 5. The van der Waals surface area contributed by atoms with Crippen molar-refractivity contribution in [3.63, 3.8) is 0 Å². The molecule has 1 aliphatic heterocycles. The van der Waals surface area contributed by atoms with Gasteiger partial charge < -0.3 is 25.4 Å². The molecule has 3 aromatic heterocycles. The minimum atomic E-state index is -0.0383. The fourth-order valence-electron chi connectivity index (χ4n) is 5.62. The predicted molar refractivity (Wildman–Crippen MR) is 131 cm³/mol. The van der Waals surface area contributed by atoms with Crippen molar-refractivity contribution in [2.75, 3.05) is 32.5 Å². The molecule has 3 fully saturated rings. The Morgan fingerprint density at radius 1 is 1.09 bits per heavy atom. The number of aromatic nitrogens is 4. The minimum absolute atomic E-state index is 0.00593. The maximum Gasteiger partial charge on any atom is 0.270 e. The Morgan fingerprint density at radius 3 is 2.49 bits per heavy atom. The number of fused-ring (bicyclic) bond motifs is 2. The lowest BCUT2D eigenvalue weighted by Crippen LogP contribution is -2.33. The van der Waals surface area contributed by atoms with Gasteiger partial charge in [-0.2, -0.15) is 4.98 Å². The van der Waals surface area contributed by atoms with Gasteiger partial charge in [0.1, 0.15) is 17.2 Å². The highest BCUT2D eigenvalue weighted by molar-refractivity contribution is 5.98. The van der Waals surface area contributed by atoms with Gasteiger partial charge in [-0.3, -0.25) is 9.59 Å². The van der Waals surface area contributed by atoms with Gasteiger partial charge in [0.05, 0.1) is 5.56 Å². The number of nitrogens with one attached hydrogen (secondary N) is 1. The lowest BCUT2D eigenvalue weighted by molar-refractivity contribution is 0.0771. The van der Waals surface area contributed by atoms with Crippen LogP contribution in [0.3, 0.4) is 0 Å². The molecule has 2 saturated carbocycles. The van der Waals surface area contributed by atoms with E-state index < -0.39 is 0 Å². The fraction of sp³-hybridized carbons (Fsp3) is 0.480. The summed E-state index contributed by atoms with van der Waals surface area (Å²) in [6, 6.07) is 5.93. The summed E-state index contributed by atoms with van der Waals surface area (Å²) in [7, 11) is 3.53. The summed E-state index contributed by atoms with van der Waals surface area (Å²) < 4.78 is 2.08. The molecule has 35 heavy (non-hydrogen) atoms. The second kappa shape index (κ2) is 8.30. The van der Waals surface area contributed by atoms with Crippen molar-refractivity contribution < 1.29 is 9.59 Å². The van der Waals surface area contributed by atoms with Gasteiger partial charge in [-0.05, 0) is 42.9 Å². The number of nitrogens with zero attached hydrogens (tertiary/aromatic N) is 6. The molecule has 3 aliphatic rings. The molecule has 10 heteroatoms. The lowest BCUT2D eigenvalue weighted by Gasteiger charge is -2.19. The van der Waals surface area contributed by atoms with Crippen molar-refractivity contribution in [3.05, 3.63) is 41.9 Å². The Balaban J connectivity index is 1.23. The third kappa shape index (κ3) is 3.81. The molecule has 2 atom stereocenters. The summed E-state index contributed by atoms with van der Waals surface area (Å²) in [6.07, 6.45) is 7.69. The number of carbonyl (C=O) groups excluding carboxylic acids is 2. The number of nitrogens with two attached hydrogens (primary N) is 1. The Morgan fingerprint density at radius 2 is 1.83 bits per heavy atom. The van der Waals surface area contributed by atoms with E-state index in [1.54, 1.807) is 43.5 Å². The van der Waals surface area contributed by atoms with Crippen LogP contribution in [0, 0.1) is 11.8 Å². The third-order valence-corrected chi connectivity index (χ3v) is 7.69. The molecule has 3 N–H and O–H groups in total. The zero-order valence-electron chi connectivity index (χ0n) is 20.0. The van der Waals surface area contributed by atoms with Gasteiger partial charge in [0, 0.05) is 57.0 Å². The normalized spacial score (nSPS) is 23.5. The Labute approximate surface area is 203 Å². The van der Waals surface area contributed by atoms with Crippen molar-refractivity contribution in [3.8, 4) is 0 Å². The van der Waals surface area contributed by atoms with Crippen LogP contribution in [0.5, 0.6) is 0 Å². The maximum atomic E-state index is 12.9. The number of piperidine rings is 1. The maximum absolute atomic E-state index is 12.9. The van der Waals surface area contributed by atoms with Crippen molar-refractivity contribution in [1.82, 2.24) is 29.3 Å². The van der Waals surface area contributed by atoms with Gasteiger partial charge in [0.25, 0.3) is 11.8 Å². The number of anilines is 2. The smallest absolute Gasteiger partial charge is 0.270 e. The molecule has 0 aromatic carbocycles. The molecule has 0 bridgehead atoms. The van der Waals surface area contributed by atoms with Crippen LogP contribution >= 0.6 is 0 Å². The van der Waals surface area contributed by atoms with E-state index in [1.807, 2.05) is 11.0 Å². The first-order valence-electron chi connectivity index (χ1n) is 12.3. The fourth-order valence-corrected chi connectivity index (χ4v) is 5.62. The quantitative estimate of drug-likeness (QED) is 0.582. The number of hydrogen-bond acceptors (Lipinski definition) is 7. The topological polar surface area (TPSA) is 122 Å². The van der Waals surface area contributed by atoms with Gasteiger partial charge in [-0.15, -0.1) is 0 Å². The standard InChI is InChI=1S/C25H30N8O2/c1-31(2)24(35)19-9-15-11-28-25(30-22(15)33(19)16-5-3-4-6-16)29-20-8-7-14(10-27-20)23(34)32-12-17-18(13-32)21(17)26/h7-11,16-18,21H,3-6,12-13,26H2,1-2H3,(H,27,28,29,30). The van der Waals surface area contributed by atoms with Crippen LogP contribution in [0.25, 0.3) is 11.0 Å². The first-order valence-corrected chi connectivity index (χ1v) is 12.3. The molecular formula is C25H30N8O2. The van der Waals surface area contributed by atoms with Crippen molar-refractivity contribution in [2.24, 2.45) is 17.6 Å². The largest absolute Gasteiger partial charge is 0.343 e. The molecule has 6 rings (SSSR count). The molecule has 2 amide bonds. The molecular weight excluding hydrogens is 444 g/mol. The Kier molecular flexibility index (Phi) is 5.21. The van der Waals surface area contributed by atoms with Crippen molar-refractivity contribution in [1.29, 1.82) is 0 Å². The molecule has 3 aromatic rings. The Hall–Kier alpha value is -3.53. The highest BCUT2D eigenvalue weighted by Gasteiger charge is 2.54. The van der Waals surface area contributed by atoms with Crippen LogP contribution < -0.4 is 11.1 Å². The summed E-state index contributed by atoms with van der Waals surface area (Å²) in [5.74, 6) is 1.82. The first kappa shape index (κ1) is 22.0. The monoisotopic (exact) mass is 474 g/mol. The van der Waals surface area contributed by atoms with Crippen LogP contribution in [0.4, 0.5) is 11.8 Å². The van der Waals surface area contributed by atoms with Crippen LogP contribution in [0.2, 0.25) is 0 Å². The molecule has 0 radical (unpaired) electrons. The summed E-state index contributed by atoms with van der Waals surface area (Å²) in [5.41, 5.74) is 7.93. The number of pyridine rings is 1. The van der Waals surface area contributed by atoms with Crippen LogP contribution in [-0.4, -0.2) is 74.4 Å². The molecule has 182 valence electrons. The molecule has 2 unspecified atom stereocenters. The first-order chi connectivity index (χ1) is 16.9. The Bertz CT molecular complexity index is 1280. The van der Waals surface area contributed by atoms with Crippen LogP contribution in [-0.2, 0) is 0 Å². The minimum Gasteiger partial charge on any atom is -0.343 e.